The first-order chi connectivity index (χ1) is 10.2. The quantitative estimate of drug-likeness (QED) is 0.851. The van der Waals surface area contributed by atoms with Crippen LogP contribution in [0.1, 0.15) is 20.8 Å². The Morgan fingerprint density at radius 2 is 2.10 bits per heavy atom. The number of thiophene rings is 1. The Balaban J connectivity index is 1.84. The summed E-state index contributed by atoms with van der Waals surface area (Å²) in [6.45, 7) is 0.383. The van der Waals surface area contributed by atoms with Gasteiger partial charge in [0, 0.05) is 16.9 Å². The maximum absolute atomic E-state index is 12.0. The highest BCUT2D eigenvalue weighted by Crippen LogP contribution is 2.13. The van der Waals surface area contributed by atoms with E-state index in [0.29, 0.717) is 17.1 Å². The van der Waals surface area contributed by atoms with Gasteiger partial charge in [-0.05, 0) is 30.2 Å². The Bertz CT molecular complexity index is 668. The number of halogens is 1. The molecule has 1 aromatic carbocycles. The Morgan fingerprint density at radius 3 is 2.81 bits per heavy atom. The van der Waals surface area contributed by atoms with Gasteiger partial charge in [0.25, 0.3) is 5.91 Å². The largest absolute Gasteiger partial charge is 0.384 e. The van der Waals surface area contributed by atoms with Crippen molar-refractivity contribution in [2.45, 2.75) is 6.42 Å². The third kappa shape index (κ3) is 4.91. The average Bonchev–Trinajstić information content (AvgIpc) is 2.96. The molecule has 0 saturated heterocycles. The second-order valence-electron chi connectivity index (χ2n) is 4.29. The van der Waals surface area contributed by atoms with Crippen LogP contribution in [0.25, 0.3) is 0 Å². The number of hydrogen-bond donors (Lipinski definition) is 2. The van der Waals surface area contributed by atoms with E-state index in [2.05, 4.69) is 17.2 Å². The van der Waals surface area contributed by atoms with Gasteiger partial charge in [0.15, 0.2) is 0 Å². The highest BCUT2D eigenvalue weighted by atomic mass is 35.5. The number of benzene rings is 1. The van der Waals surface area contributed by atoms with Gasteiger partial charge in [0.05, 0.1) is 10.4 Å². The number of hydrogen-bond acceptors (Lipinski definition) is 3. The van der Waals surface area contributed by atoms with E-state index < -0.39 is 0 Å². The third-order valence-electron chi connectivity index (χ3n) is 2.76. The number of rotatable bonds is 4. The van der Waals surface area contributed by atoms with Gasteiger partial charge in [-0.3, -0.25) is 4.79 Å². The molecular weight excluding hydrogens is 306 g/mol. The molecule has 0 aliphatic carbocycles. The normalized spacial score (nSPS) is 9.81. The van der Waals surface area contributed by atoms with Crippen molar-refractivity contribution in [3.8, 4) is 11.8 Å². The molecule has 0 atom stereocenters. The maximum atomic E-state index is 12.0. The number of aliphatic hydroxyl groups is 1. The number of aliphatic hydroxyl groups excluding tert-OH is 1. The van der Waals surface area contributed by atoms with Gasteiger partial charge < -0.3 is 10.4 Å². The van der Waals surface area contributed by atoms with Crippen LogP contribution in [0.4, 0.5) is 0 Å². The summed E-state index contributed by atoms with van der Waals surface area (Å²) >= 11 is 7.21. The first kappa shape index (κ1) is 15.6. The first-order valence-corrected chi connectivity index (χ1v) is 7.65. The van der Waals surface area contributed by atoms with E-state index in [9.17, 15) is 4.79 Å². The predicted octanol–water partition coefficient (Wildman–Crippen LogP) is 2.72. The first-order valence-electron chi connectivity index (χ1n) is 6.40. The van der Waals surface area contributed by atoms with Crippen LogP contribution in [0, 0.1) is 11.8 Å². The summed E-state index contributed by atoms with van der Waals surface area (Å²) in [6.07, 6.45) is 0.754. The minimum Gasteiger partial charge on any atom is -0.384 e. The van der Waals surface area contributed by atoms with Gasteiger partial charge in [-0.15, -0.1) is 11.3 Å². The van der Waals surface area contributed by atoms with Crippen molar-refractivity contribution in [3.05, 3.63) is 56.7 Å². The van der Waals surface area contributed by atoms with Crippen LogP contribution < -0.4 is 5.32 Å². The number of carbonyl (C=O) groups excluding carboxylic acids is 1. The van der Waals surface area contributed by atoms with Crippen LogP contribution in [0.15, 0.2) is 35.7 Å². The molecule has 0 aliphatic heterocycles. The molecule has 1 heterocycles. The molecule has 1 aromatic heterocycles. The molecule has 2 aromatic rings. The number of nitrogens with one attached hydrogen (secondary N) is 1. The van der Waals surface area contributed by atoms with Crippen LogP contribution in [0.3, 0.4) is 0 Å². The molecule has 1 amide bonds. The van der Waals surface area contributed by atoms with Gasteiger partial charge in [-0.25, -0.2) is 0 Å². The molecule has 0 unspecified atom stereocenters. The van der Waals surface area contributed by atoms with Crippen LogP contribution >= 0.6 is 22.9 Å². The highest BCUT2D eigenvalue weighted by molar-refractivity contribution is 7.10. The number of amides is 1. The zero-order valence-corrected chi connectivity index (χ0v) is 12.8. The molecule has 5 heteroatoms. The molecule has 3 nitrogen and oxygen atoms in total. The molecule has 0 bridgehead atoms. The second kappa shape index (κ2) is 7.84. The van der Waals surface area contributed by atoms with Crippen molar-refractivity contribution < 1.29 is 9.90 Å². The summed E-state index contributed by atoms with van der Waals surface area (Å²) in [5, 5.41) is 14.0. The summed E-state index contributed by atoms with van der Waals surface area (Å²) in [6, 6.07) is 9.29. The van der Waals surface area contributed by atoms with Crippen molar-refractivity contribution in [2.24, 2.45) is 0 Å². The van der Waals surface area contributed by atoms with E-state index in [1.807, 2.05) is 24.3 Å². The summed E-state index contributed by atoms with van der Waals surface area (Å²) in [5.74, 6) is 5.23. The minimum absolute atomic E-state index is 0.114. The molecule has 0 saturated carbocycles. The lowest BCUT2D eigenvalue weighted by atomic mass is 10.1. The summed E-state index contributed by atoms with van der Waals surface area (Å²) in [5.41, 5.74) is 1.72. The fraction of sp³-hybridized carbons (Fsp3) is 0.188. The molecule has 2 rings (SSSR count). The summed E-state index contributed by atoms with van der Waals surface area (Å²) in [4.78, 5) is 12.7. The molecule has 0 fully saturated rings. The van der Waals surface area contributed by atoms with Crippen LogP contribution in [-0.4, -0.2) is 24.2 Å². The van der Waals surface area contributed by atoms with E-state index in [1.54, 1.807) is 11.4 Å². The molecule has 0 radical (unpaired) electrons. The standard InChI is InChI=1S/C16H14ClNO2S/c17-14-5-3-12(4-6-14)7-8-18-16(20)13-10-15(21-11-13)2-1-9-19/h3-6,10-11,19H,7-9H2,(H,18,20). The zero-order chi connectivity index (χ0) is 15.1. The summed E-state index contributed by atoms with van der Waals surface area (Å²) in [7, 11) is 0. The fourth-order valence-corrected chi connectivity index (χ4v) is 2.60. The fourth-order valence-electron chi connectivity index (χ4n) is 1.72. The van der Waals surface area contributed by atoms with Gasteiger partial charge in [0.2, 0.25) is 0 Å². The van der Waals surface area contributed by atoms with E-state index in [0.717, 1.165) is 16.9 Å². The Kier molecular flexibility index (Phi) is 5.82. The lowest BCUT2D eigenvalue weighted by molar-refractivity contribution is 0.0954. The number of carbonyl (C=O) groups is 1. The van der Waals surface area contributed by atoms with E-state index >= 15 is 0 Å². The van der Waals surface area contributed by atoms with Crippen LogP contribution in [-0.2, 0) is 6.42 Å². The van der Waals surface area contributed by atoms with Gasteiger partial charge in [0.1, 0.15) is 6.61 Å². The van der Waals surface area contributed by atoms with E-state index in [4.69, 9.17) is 16.7 Å². The predicted molar refractivity (Wildman–Crippen MR) is 85.8 cm³/mol. The van der Waals surface area contributed by atoms with Crippen molar-refractivity contribution in [2.75, 3.05) is 13.2 Å². The lowest BCUT2D eigenvalue weighted by Gasteiger charge is -2.04. The Morgan fingerprint density at radius 1 is 1.33 bits per heavy atom. The summed E-state index contributed by atoms with van der Waals surface area (Å²) < 4.78 is 0. The smallest absolute Gasteiger partial charge is 0.252 e. The molecule has 0 spiro atoms. The van der Waals surface area contributed by atoms with Gasteiger partial charge >= 0.3 is 0 Å². The molecule has 0 aliphatic rings. The van der Waals surface area contributed by atoms with Crippen molar-refractivity contribution >= 4 is 28.8 Å². The van der Waals surface area contributed by atoms with Crippen LogP contribution in [0.5, 0.6) is 0 Å². The zero-order valence-electron chi connectivity index (χ0n) is 11.2. The van der Waals surface area contributed by atoms with Gasteiger partial charge in [-0.2, -0.15) is 0 Å². The van der Waals surface area contributed by atoms with Crippen molar-refractivity contribution in [3.63, 3.8) is 0 Å². The average molecular weight is 320 g/mol. The molecule has 2 N–H and O–H groups in total. The highest BCUT2D eigenvalue weighted by Gasteiger charge is 2.07. The third-order valence-corrected chi connectivity index (χ3v) is 3.86. The lowest BCUT2D eigenvalue weighted by Crippen LogP contribution is -2.25. The van der Waals surface area contributed by atoms with E-state index in [1.165, 1.54) is 11.3 Å². The second-order valence-corrected chi connectivity index (χ2v) is 5.64. The monoisotopic (exact) mass is 319 g/mol. The minimum atomic E-state index is -0.180. The topological polar surface area (TPSA) is 49.3 Å². The van der Waals surface area contributed by atoms with Crippen molar-refractivity contribution in [1.29, 1.82) is 0 Å². The van der Waals surface area contributed by atoms with Gasteiger partial charge in [-0.1, -0.05) is 35.6 Å². The van der Waals surface area contributed by atoms with Crippen LogP contribution in [0.2, 0.25) is 5.02 Å². The SMILES string of the molecule is O=C(NCCc1ccc(Cl)cc1)c1csc(C#CCO)c1. The Labute approximate surface area is 132 Å². The Hall–Kier alpha value is -1.80. The maximum Gasteiger partial charge on any atom is 0.252 e. The van der Waals surface area contributed by atoms with Crippen molar-refractivity contribution in [1.82, 2.24) is 5.32 Å². The van der Waals surface area contributed by atoms with E-state index in [-0.39, 0.29) is 12.5 Å². The molecular formula is C16H14ClNO2S. The molecule has 21 heavy (non-hydrogen) atoms. The molecule has 108 valence electrons.